The fraction of sp³-hybridized carbons (Fsp3) is 0.273. The lowest BCUT2D eigenvalue weighted by Crippen LogP contribution is -2.36. The summed E-state index contributed by atoms with van der Waals surface area (Å²) in [6, 6.07) is 2.29. The molecule has 0 radical (unpaired) electrons. The molecule has 1 aromatic rings. The molecule has 1 amide bonds. The van der Waals surface area contributed by atoms with Crippen LogP contribution in [-0.4, -0.2) is 17.9 Å². The summed E-state index contributed by atoms with van der Waals surface area (Å²) in [5.74, 6) is -0.615. The molecule has 7 heteroatoms. The van der Waals surface area contributed by atoms with Crippen LogP contribution in [-0.2, 0) is 9.59 Å². The molecular formula is C11H8Cl3NO3. The molecule has 18 heavy (non-hydrogen) atoms. The fourth-order valence-corrected chi connectivity index (χ4v) is 2.12. The molecule has 0 unspecified atom stereocenters. The van der Waals surface area contributed by atoms with E-state index in [9.17, 15) is 9.59 Å². The van der Waals surface area contributed by atoms with Crippen LogP contribution < -0.4 is 10.1 Å². The Morgan fingerprint density at radius 2 is 2.00 bits per heavy atom. The summed E-state index contributed by atoms with van der Waals surface area (Å²) >= 11 is 17.5. The molecule has 96 valence electrons. The number of rotatable bonds is 2. The third-order valence-electron chi connectivity index (χ3n) is 2.49. The van der Waals surface area contributed by atoms with E-state index in [2.05, 4.69) is 5.32 Å². The maximum Gasteiger partial charge on any atom is 0.334 e. The number of nitrogens with one attached hydrogen (secondary N) is 1. The van der Waals surface area contributed by atoms with Crippen molar-refractivity contribution in [2.24, 2.45) is 0 Å². The summed E-state index contributed by atoms with van der Waals surface area (Å²) in [4.78, 5) is 22.7. The Labute approximate surface area is 118 Å². The summed E-state index contributed by atoms with van der Waals surface area (Å²) in [5, 5.41) is 2.97. The molecular weight excluding hydrogens is 300 g/mol. The minimum absolute atomic E-state index is 0.0711. The SMILES string of the molecule is O=C1CC[C@@H](C(=O)Oc2ccc(Cl)c(Cl)c2Cl)N1. The first kappa shape index (κ1) is 13.5. The molecule has 0 aliphatic carbocycles. The highest BCUT2D eigenvalue weighted by Crippen LogP contribution is 2.37. The minimum atomic E-state index is -0.636. The van der Waals surface area contributed by atoms with Crippen molar-refractivity contribution in [3.05, 3.63) is 27.2 Å². The van der Waals surface area contributed by atoms with E-state index in [0.29, 0.717) is 12.8 Å². The molecule has 1 aliphatic heterocycles. The molecule has 1 fully saturated rings. The molecule has 0 saturated carbocycles. The third-order valence-corrected chi connectivity index (χ3v) is 3.77. The number of carbonyl (C=O) groups is 2. The van der Waals surface area contributed by atoms with Gasteiger partial charge in [0.25, 0.3) is 0 Å². The van der Waals surface area contributed by atoms with Gasteiger partial charge in [-0.15, -0.1) is 0 Å². The standard InChI is InChI=1S/C11H8Cl3NO3/c12-5-1-3-7(10(14)9(5)13)18-11(17)6-2-4-8(16)15-6/h1,3,6H,2,4H2,(H,15,16)/t6-/m0/s1. The molecule has 0 aromatic heterocycles. The van der Waals surface area contributed by atoms with E-state index in [1.807, 2.05) is 0 Å². The van der Waals surface area contributed by atoms with Gasteiger partial charge >= 0.3 is 5.97 Å². The lowest BCUT2D eigenvalue weighted by atomic mass is 10.2. The Kier molecular flexibility index (Phi) is 4.00. The Balaban J connectivity index is 2.12. The molecule has 1 aromatic carbocycles. The second kappa shape index (κ2) is 5.34. The number of halogens is 3. The van der Waals surface area contributed by atoms with Crippen LogP contribution in [0.4, 0.5) is 0 Å². The summed E-state index contributed by atoms with van der Waals surface area (Å²) < 4.78 is 5.08. The fourth-order valence-electron chi connectivity index (χ4n) is 1.56. The van der Waals surface area contributed by atoms with Gasteiger partial charge in [0.15, 0.2) is 5.75 Å². The van der Waals surface area contributed by atoms with Crippen LogP contribution in [0.1, 0.15) is 12.8 Å². The molecule has 1 saturated heterocycles. The van der Waals surface area contributed by atoms with Crippen molar-refractivity contribution in [2.45, 2.75) is 18.9 Å². The van der Waals surface area contributed by atoms with Gasteiger partial charge < -0.3 is 10.1 Å². The quantitative estimate of drug-likeness (QED) is 0.519. The van der Waals surface area contributed by atoms with E-state index in [4.69, 9.17) is 39.5 Å². The molecule has 4 nitrogen and oxygen atoms in total. The van der Waals surface area contributed by atoms with Gasteiger partial charge in [0, 0.05) is 6.42 Å². The summed E-state index contributed by atoms with van der Waals surface area (Å²) in [7, 11) is 0. The predicted molar refractivity (Wildman–Crippen MR) is 68.3 cm³/mol. The van der Waals surface area contributed by atoms with Crippen LogP contribution in [0.15, 0.2) is 12.1 Å². The molecule has 1 heterocycles. The highest BCUT2D eigenvalue weighted by atomic mass is 35.5. The first-order valence-corrected chi connectivity index (χ1v) is 6.27. The zero-order valence-corrected chi connectivity index (χ0v) is 11.3. The first-order valence-electron chi connectivity index (χ1n) is 5.13. The average Bonchev–Trinajstić information content (AvgIpc) is 2.77. The van der Waals surface area contributed by atoms with Crippen LogP contribution in [0, 0.1) is 0 Å². The number of ether oxygens (including phenoxy) is 1. The van der Waals surface area contributed by atoms with Crippen LogP contribution in [0.5, 0.6) is 5.75 Å². The second-order valence-electron chi connectivity index (χ2n) is 3.75. The van der Waals surface area contributed by atoms with E-state index < -0.39 is 12.0 Å². The smallest absolute Gasteiger partial charge is 0.334 e. The number of benzene rings is 1. The number of amides is 1. The molecule has 1 N–H and O–H groups in total. The maximum absolute atomic E-state index is 11.7. The predicted octanol–water partition coefficient (Wildman–Crippen LogP) is 2.83. The van der Waals surface area contributed by atoms with E-state index in [1.54, 1.807) is 0 Å². The Bertz CT molecular complexity index is 519. The first-order chi connectivity index (χ1) is 8.49. The third kappa shape index (κ3) is 2.71. The molecule has 2 rings (SSSR count). The van der Waals surface area contributed by atoms with Gasteiger partial charge in [-0.1, -0.05) is 34.8 Å². The topological polar surface area (TPSA) is 55.4 Å². The summed E-state index contributed by atoms with van der Waals surface area (Å²) in [6.45, 7) is 0. The van der Waals surface area contributed by atoms with Crippen LogP contribution in [0.3, 0.4) is 0 Å². The van der Waals surface area contributed by atoms with Crippen LogP contribution in [0.2, 0.25) is 15.1 Å². The lowest BCUT2D eigenvalue weighted by molar-refractivity contribution is -0.137. The molecule has 0 spiro atoms. The lowest BCUT2D eigenvalue weighted by Gasteiger charge is -2.11. The zero-order chi connectivity index (χ0) is 13.3. The van der Waals surface area contributed by atoms with Gasteiger partial charge in [-0.3, -0.25) is 4.79 Å². The minimum Gasteiger partial charge on any atom is -0.423 e. The van der Waals surface area contributed by atoms with Gasteiger partial charge in [-0.25, -0.2) is 4.79 Å². The van der Waals surface area contributed by atoms with Crippen molar-refractivity contribution >= 4 is 46.7 Å². The number of hydrogen-bond donors (Lipinski definition) is 1. The van der Waals surface area contributed by atoms with E-state index >= 15 is 0 Å². The highest BCUT2D eigenvalue weighted by Gasteiger charge is 2.29. The van der Waals surface area contributed by atoms with E-state index in [-0.39, 0.29) is 26.7 Å². The van der Waals surface area contributed by atoms with Crippen molar-refractivity contribution in [3.8, 4) is 5.75 Å². The van der Waals surface area contributed by atoms with Crippen molar-refractivity contribution in [1.82, 2.24) is 5.32 Å². The van der Waals surface area contributed by atoms with Crippen LogP contribution in [0.25, 0.3) is 0 Å². The van der Waals surface area contributed by atoms with Gasteiger partial charge in [-0.2, -0.15) is 0 Å². The monoisotopic (exact) mass is 307 g/mol. The normalized spacial score (nSPS) is 18.6. The van der Waals surface area contributed by atoms with Crippen LogP contribution >= 0.6 is 34.8 Å². The average molecular weight is 309 g/mol. The number of carbonyl (C=O) groups excluding carboxylic acids is 2. The Morgan fingerprint density at radius 1 is 1.28 bits per heavy atom. The van der Waals surface area contributed by atoms with Crippen molar-refractivity contribution in [2.75, 3.05) is 0 Å². The maximum atomic E-state index is 11.7. The van der Waals surface area contributed by atoms with Gasteiger partial charge in [0.1, 0.15) is 11.1 Å². The van der Waals surface area contributed by atoms with E-state index in [1.165, 1.54) is 12.1 Å². The molecule has 0 bridgehead atoms. The second-order valence-corrected chi connectivity index (χ2v) is 4.92. The van der Waals surface area contributed by atoms with Gasteiger partial charge in [-0.05, 0) is 18.6 Å². The van der Waals surface area contributed by atoms with Crippen molar-refractivity contribution in [3.63, 3.8) is 0 Å². The van der Waals surface area contributed by atoms with Crippen molar-refractivity contribution < 1.29 is 14.3 Å². The zero-order valence-electron chi connectivity index (χ0n) is 9.00. The molecule has 1 atom stereocenters. The summed E-state index contributed by atoms with van der Waals surface area (Å²) in [5.41, 5.74) is 0. The largest absolute Gasteiger partial charge is 0.423 e. The van der Waals surface area contributed by atoms with Crippen molar-refractivity contribution in [1.29, 1.82) is 0 Å². The molecule has 1 aliphatic rings. The van der Waals surface area contributed by atoms with Gasteiger partial charge in [0.05, 0.1) is 10.0 Å². The Hall–Kier alpha value is -0.970. The number of esters is 1. The van der Waals surface area contributed by atoms with Gasteiger partial charge in [0.2, 0.25) is 5.91 Å². The highest BCUT2D eigenvalue weighted by molar-refractivity contribution is 6.48. The summed E-state index contributed by atoms with van der Waals surface area (Å²) in [6.07, 6.45) is 0.728. The Morgan fingerprint density at radius 3 is 2.61 bits per heavy atom. The van der Waals surface area contributed by atoms with E-state index in [0.717, 1.165) is 0 Å². The number of hydrogen-bond acceptors (Lipinski definition) is 3.